The molecule has 0 unspecified atom stereocenters. The molecule has 2 aromatic heterocycles. The number of ether oxygens (including phenoxy) is 1. The molecule has 2 heterocycles. The van der Waals surface area contributed by atoms with Gasteiger partial charge in [-0.1, -0.05) is 6.07 Å². The van der Waals surface area contributed by atoms with E-state index in [9.17, 15) is 9.59 Å². The standard InChI is InChI=1S/C23H21N5O3S/c1-15-4-9-18-19(12-15)32-22(27-18)16-5-7-17(8-6-16)26-20(29)14-31-21(30)13-28(2)23-24-10-3-11-25-23/h3-12H,13-14H2,1-2H3,(H,26,29). The molecule has 4 aromatic rings. The van der Waals surface area contributed by atoms with E-state index in [4.69, 9.17) is 4.74 Å². The van der Waals surface area contributed by atoms with Gasteiger partial charge in [0.15, 0.2) is 6.61 Å². The Morgan fingerprint density at radius 2 is 1.84 bits per heavy atom. The normalized spacial score (nSPS) is 10.7. The van der Waals surface area contributed by atoms with Crippen molar-refractivity contribution in [2.75, 3.05) is 30.4 Å². The van der Waals surface area contributed by atoms with Crippen molar-refractivity contribution in [3.05, 3.63) is 66.5 Å². The summed E-state index contributed by atoms with van der Waals surface area (Å²) in [4.78, 5) is 38.4. The number of nitrogens with one attached hydrogen (secondary N) is 1. The van der Waals surface area contributed by atoms with Gasteiger partial charge in [0.25, 0.3) is 5.91 Å². The number of carbonyl (C=O) groups is 2. The van der Waals surface area contributed by atoms with Gasteiger partial charge < -0.3 is 15.0 Å². The van der Waals surface area contributed by atoms with Crippen molar-refractivity contribution in [2.24, 2.45) is 0 Å². The van der Waals surface area contributed by atoms with Gasteiger partial charge in [-0.2, -0.15) is 0 Å². The summed E-state index contributed by atoms with van der Waals surface area (Å²) in [5.74, 6) is -0.561. The van der Waals surface area contributed by atoms with Gasteiger partial charge in [-0.15, -0.1) is 11.3 Å². The fourth-order valence-corrected chi connectivity index (χ4v) is 4.06. The van der Waals surface area contributed by atoms with Crippen LogP contribution in [0, 0.1) is 6.92 Å². The second-order valence-corrected chi connectivity index (χ2v) is 8.21. The number of amides is 1. The second-order valence-electron chi connectivity index (χ2n) is 7.18. The van der Waals surface area contributed by atoms with E-state index in [1.165, 1.54) is 5.56 Å². The van der Waals surface area contributed by atoms with Gasteiger partial charge in [0, 0.05) is 30.7 Å². The van der Waals surface area contributed by atoms with Crippen molar-refractivity contribution in [2.45, 2.75) is 6.92 Å². The Bertz CT molecular complexity index is 1240. The number of aromatic nitrogens is 3. The summed E-state index contributed by atoms with van der Waals surface area (Å²) in [6.45, 7) is 1.62. The van der Waals surface area contributed by atoms with E-state index >= 15 is 0 Å². The lowest BCUT2D eigenvalue weighted by Gasteiger charge is -2.15. The van der Waals surface area contributed by atoms with Crippen LogP contribution in [0.15, 0.2) is 60.9 Å². The van der Waals surface area contributed by atoms with Crippen LogP contribution in [-0.4, -0.2) is 47.0 Å². The zero-order chi connectivity index (χ0) is 22.5. The minimum Gasteiger partial charge on any atom is -0.454 e. The monoisotopic (exact) mass is 447 g/mol. The van der Waals surface area contributed by atoms with Crippen molar-refractivity contribution in [3.63, 3.8) is 0 Å². The maximum absolute atomic E-state index is 12.1. The highest BCUT2D eigenvalue weighted by Gasteiger charge is 2.13. The predicted octanol–water partition coefficient (Wildman–Crippen LogP) is 3.68. The molecule has 0 aliphatic rings. The van der Waals surface area contributed by atoms with E-state index in [-0.39, 0.29) is 13.2 Å². The van der Waals surface area contributed by atoms with Crippen molar-refractivity contribution in [1.29, 1.82) is 0 Å². The predicted molar refractivity (Wildman–Crippen MR) is 125 cm³/mol. The number of benzene rings is 2. The highest BCUT2D eigenvalue weighted by Crippen LogP contribution is 2.31. The number of hydrogen-bond donors (Lipinski definition) is 1. The van der Waals surface area contributed by atoms with Crippen LogP contribution >= 0.6 is 11.3 Å². The van der Waals surface area contributed by atoms with Gasteiger partial charge in [-0.25, -0.2) is 15.0 Å². The molecule has 0 aliphatic heterocycles. The van der Waals surface area contributed by atoms with Crippen LogP contribution in [0.25, 0.3) is 20.8 Å². The topological polar surface area (TPSA) is 97.3 Å². The molecule has 162 valence electrons. The first kappa shape index (κ1) is 21.4. The molecular formula is C23H21N5O3S. The highest BCUT2D eigenvalue weighted by atomic mass is 32.1. The lowest BCUT2D eigenvalue weighted by molar-refractivity contribution is -0.145. The summed E-state index contributed by atoms with van der Waals surface area (Å²) in [7, 11) is 1.67. The lowest BCUT2D eigenvalue weighted by Crippen LogP contribution is -2.30. The minimum absolute atomic E-state index is 0.0618. The van der Waals surface area contributed by atoms with E-state index in [0.717, 1.165) is 20.8 Å². The molecule has 32 heavy (non-hydrogen) atoms. The molecule has 2 aromatic carbocycles. The first-order valence-corrected chi connectivity index (χ1v) is 10.7. The lowest BCUT2D eigenvalue weighted by atomic mass is 10.2. The van der Waals surface area contributed by atoms with Crippen LogP contribution in [0.2, 0.25) is 0 Å². The fraction of sp³-hybridized carbons (Fsp3) is 0.174. The molecule has 1 amide bonds. The Kier molecular flexibility index (Phi) is 6.37. The van der Waals surface area contributed by atoms with E-state index in [1.807, 2.05) is 24.3 Å². The summed E-state index contributed by atoms with van der Waals surface area (Å²) >= 11 is 1.63. The number of aryl methyl sites for hydroxylation is 1. The number of fused-ring (bicyclic) bond motifs is 1. The summed E-state index contributed by atoms with van der Waals surface area (Å²) in [6, 6.07) is 15.3. The molecule has 1 N–H and O–H groups in total. The molecule has 0 aliphatic carbocycles. The number of hydrogen-bond acceptors (Lipinski definition) is 8. The number of nitrogens with zero attached hydrogens (tertiary/aromatic N) is 4. The first-order valence-electron chi connectivity index (χ1n) is 9.89. The Hall–Kier alpha value is -3.85. The van der Waals surface area contributed by atoms with Gasteiger partial charge >= 0.3 is 5.97 Å². The molecule has 0 atom stereocenters. The smallest absolute Gasteiger partial charge is 0.326 e. The molecule has 9 heteroatoms. The summed E-state index contributed by atoms with van der Waals surface area (Å²) in [5.41, 5.74) is 3.76. The van der Waals surface area contributed by atoms with Crippen LogP contribution in [-0.2, 0) is 14.3 Å². The molecule has 4 rings (SSSR count). The number of rotatable bonds is 7. The number of likely N-dealkylation sites (N-methyl/N-ethyl adjacent to an activating group) is 1. The van der Waals surface area contributed by atoms with Crippen LogP contribution in [0.3, 0.4) is 0 Å². The number of esters is 1. The highest BCUT2D eigenvalue weighted by molar-refractivity contribution is 7.21. The van der Waals surface area contributed by atoms with Crippen LogP contribution in [0.4, 0.5) is 11.6 Å². The van der Waals surface area contributed by atoms with Crippen molar-refractivity contribution in [1.82, 2.24) is 15.0 Å². The van der Waals surface area contributed by atoms with E-state index in [0.29, 0.717) is 11.6 Å². The molecule has 0 saturated carbocycles. The largest absolute Gasteiger partial charge is 0.454 e. The van der Waals surface area contributed by atoms with Crippen LogP contribution < -0.4 is 10.2 Å². The zero-order valence-electron chi connectivity index (χ0n) is 17.6. The molecule has 8 nitrogen and oxygen atoms in total. The summed E-state index contributed by atoms with van der Waals surface area (Å²) < 4.78 is 6.19. The average Bonchev–Trinajstić information content (AvgIpc) is 3.22. The number of thiazole rings is 1. The van der Waals surface area contributed by atoms with Gasteiger partial charge in [-0.3, -0.25) is 9.59 Å². The number of anilines is 2. The van der Waals surface area contributed by atoms with Crippen molar-refractivity contribution in [3.8, 4) is 10.6 Å². The molecule has 0 saturated heterocycles. The van der Waals surface area contributed by atoms with Crippen LogP contribution in [0.5, 0.6) is 0 Å². The van der Waals surface area contributed by atoms with E-state index < -0.39 is 11.9 Å². The molecule has 0 radical (unpaired) electrons. The Balaban J connectivity index is 1.29. The van der Waals surface area contributed by atoms with Crippen molar-refractivity contribution >= 4 is 45.1 Å². The Morgan fingerprint density at radius 3 is 2.59 bits per heavy atom. The van der Waals surface area contributed by atoms with Gasteiger partial charge in [0.1, 0.15) is 11.6 Å². The third-order valence-corrected chi connectivity index (χ3v) is 5.65. The number of carbonyl (C=O) groups excluding carboxylic acids is 2. The van der Waals surface area contributed by atoms with E-state index in [2.05, 4.69) is 33.3 Å². The second kappa shape index (κ2) is 9.52. The third-order valence-electron chi connectivity index (χ3n) is 4.58. The SMILES string of the molecule is Cc1ccc2nc(-c3ccc(NC(=O)COC(=O)CN(C)c4ncccn4)cc3)sc2c1. The Labute approximate surface area is 188 Å². The average molecular weight is 448 g/mol. The zero-order valence-corrected chi connectivity index (χ0v) is 18.4. The quantitative estimate of drug-likeness (QED) is 0.432. The van der Waals surface area contributed by atoms with Gasteiger partial charge in [0.05, 0.1) is 10.2 Å². The van der Waals surface area contributed by atoms with Crippen LogP contribution in [0.1, 0.15) is 5.56 Å². The Morgan fingerprint density at radius 1 is 1.09 bits per heavy atom. The molecule has 0 spiro atoms. The third kappa shape index (κ3) is 5.25. The molecular weight excluding hydrogens is 426 g/mol. The maximum atomic E-state index is 12.1. The molecule has 0 bridgehead atoms. The van der Waals surface area contributed by atoms with Gasteiger partial charge in [-0.05, 0) is 55.0 Å². The maximum Gasteiger partial charge on any atom is 0.326 e. The van der Waals surface area contributed by atoms with Crippen molar-refractivity contribution < 1.29 is 14.3 Å². The van der Waals surface area contributed by atoms with E-state index in [1.54, 1.807) is 53.9 Å². The summed E-state index contributed by atoms with van der Waals surface area (Å²) in [6.07, 6.45) is 3.17. The first-order chi connectivity index (χ1) is 15.5. The summed E-state index contributed by atoms with van der Waals surface area (Å²) in [5, 5.41) is 3.64. The fourth-order valence-electron chi connectivity index (χ4n) is 2.99. The minimum atomic E-state index is -0.545. The van der Waals surface area contributed by atoms with Gasteiger partial charge in [0.2, 0.25) is 5.95 Å². The molecule has 0 fully saturated rings.